The SMILES string of the molecule is O=S(=O)(c1ncccc1F)N1CCC(CCl)C1. The van der Waals surface area contributed by atoms with Crippen LogP contribution in [0.5, 0.6) is 0 Å². The summed E-state index contributed by atoms with van der Waals surface area (Å²) < 4.78 is 38.9. The molecule has 0 saturated carbocycles. The molecule has 94 valence electrons. The summed E-state index contributed by atoms with van der Waals surface area (Å²) >= 11 is 5.69. The molecule has 0 aliphatic carbocycles. The van der Waals surface area contributed by atoms with Gasteiger partial charge >= 0.3 is 0 Å². The molecule has 1 fully saturated rings. The van der Waals surface area contributed by atoms with Crippen molar-refractivity contribution in [2.24, 2.45) is 5.92 Å². The van der Waals surface area contributed by atoms with Crippen molar-refractivity contribution < 1.29 is 12.8 Å². The normalized spacial score (nSPS) is 21.9. The van der Waals surface area contributed by atoms with Gasteiger partial charge in [-0.2, -0.15) is 4.31 Å². The van der Waals surface area contributed by atoms with Crippen LogP contribution in [-0.2, 0) is 10.0 Å². The molecule has 7 heteroatoms. The molecule has 0 bridgehead atoms. The molecule has 1 aromatic heterocycles. The lowest BCUT2D eigenvalue weighted by Crippen LogP contribution is -2.30. The van der Waals surface area contributed by atoms with E-state index in [9.17, 15) is 12.8 Å². The molecule has 4 nitrogen and oxygen atoms in total. The second-order valence-electron chi connectivity index (χ2n) is 3.96. The summed E-state index contributed by atoms with van der Waals surface area (Å²) in [7, 11) is -3.82. The minimum absolute atomic E-state index is 0.137. The fourth-order valence-corrected chi connectivity index (χ4v) is 3.58. The molecule has 0 amide bonds. The number of aromatic nitrogens is 1. The first-order valence-corrected chi connectivity index (χ1v) is 7.20. The van der Waals surface area contributed by atoms with E-state index in [-0.39, 0.29) is 5.92 Å². The predicted octanol–water partition coefficient (Wildman–Crippen LogP) is 1.47. The summed E-state index contributed by atoms with van der Waals surface area (Å²) in [5.41, 5.74) is 0. The Labute approximate surface area is 104 Å². The Balaban J connectivity index is 2.29. The largest absolute Gasteiger partial charge is 0.263 e. The second-order valence-corrected chi connectivity index (χ2v) is 6.12. The van der Waals surface area contributed by atoms with E-state index in [2.05, 4.69) is 4.98 Å². The third kappa shape index (κ3) is 2.43. The topological polar surface area (TPSA) is 50.3 Å². The quantitative estimate of drug-likeness (QED) is 0.787. The maximum Gasteiger partial charge on any atom is 0.263 e. The van der Waals surface area contributed by atoms with Gasteiger partial charge in [0.05, 0.1) is 0 Å². The van der Waals surface area contributed by atoms with Crippen LogP contribution in [0, 0.1) is 11.7 Å². The van der Waals surface area contributed by atoms with Crippen LogP contribution in [0.1, 0.15) is 6.42 Å². The summed E-state index contributed by atoms with van der Waals surface area (Å²) in [5.74, 6) is -0.267. The summed E-state index contributed by atoms with van der Waals surface area (Å²) in [6.07, 6.45) is 1.97. The third-order valence-corrected chi connectivity index (χ3v) is 5.01. The van der Waals surface area contributed by atoms with E-state index in [1.54, 1.807) is 0 Å². The van der Waals surface area contributed by atoms with Gasteiger partial charge in [-0.05, 0) is 24.5 Å². The zero-order valence-corrected chi connectivity index (χ0v) is 10.6. The molecule has 1 atom stereocenters. The number of rotatable bonds is 3. The lowest BCUT2D eigenvalue weighted by Gasteiger charge is -2.15. The van der Waals surface area contributed by atoms with Gasteiger partial charge in [0.2, 0.25) is 5.03 Å². The molecular formula is C10H12ClFN2O2S. The maximum atomic E-state index is 13.4. The Morgan fingerprint density at radius 1 is 1.59 bits per heavy atom. The molecular weight excluding hydrogens is 267 g/mol. The number of halogens is 2. The highest BCUT2D eigenvalue weighted by Gasteiger charge is 2.34. The van der Waals surface area contributed by atoms with E-state index < -0.39 is 20.9 Å². The summed E-state index contributed by atoms with van der Waals surface area (Å²) in [6.45, 7) is 0.706. The molecule has 0 radical (unpaired) electrons. The molecule has 1 aliphatic rings. The van der Waals surface area contributed by atoms with Gasteiger partial charge in [0.25, 0.3) is 10.0 Å². The average molecular weight is 279 g/mol. The van der Waals surface area contributed by atoms with Crippen molar-refractivity contribution in [3.8, 4) is 0 Å². The predicted molar refractivity (Wildman–Crippen MR) is 61.8 cm³/mol. The Morgan fingerprint density at radius 2 is 2.35 bits per heavy atom. The number of hydrogen-bond donors (Lipinski definition) is 0. The smallest absolute Gasteiger partial charge is 0.241 e. The molecule has 1 unspecified atom stereocenters. The molecule has 0 aromatic carbocycles. The number of sulfonamides is 1. The van der Waals surface area contributed by atoms with E-state index in [1.165, 1.54) is 16.6 Å². The van der Waals surface area contributed by atoms with Gasteiger partial charge in [-0.25, -0.2) is 17.8 Å². The van der Waals surface area contributed by atoms with Crippen molar-refractivity contribution in [1.82, 2.24) is 9.29 Å². The van der Waals surface area contributed by atoms with Crippen molar-refractivity contribution in [3.63, 3.8) is 0 Å². The fraction of sp³-hybridized carbons (Fsp3) is 0.500. The number of hydrogen-bond acceptors (Lipinski definition) is 3. The molecule has 0 spiro atoms. The summed E-state index contributed by atoms with van der Waals surface area (Å²) in [6, 6.07) is 2.45. The van der Waals surface area contributed by atoms with E-state index in [0.29, 0.717) is 25.4 Å². The van der Waals surface area contributed by atoms with Gasteiger partial charge in [0.15, 0.2) is 5.82 Å². The van der Waals surface area contributed by atoms with Crippen LogP contribution in [0.3, 0.4) is 0 Å². The second kappa shape index (κ2) is 4.88. The van der Waals surface area contributed by atoms with Crippen LogP contribution in [-0.4, -0.2) is 36.7 Å². The van der Waals surface area contributed by atoms with Crippen molar-refractivity contribution >= 4 is 21.6 Å². The van der Waals surface area contributed by atoms with Gasteiger partial charge in [-0.15, -0.1) is 11.6 Å². The van der Waals surface area contributed by atoms with E-state index >= 15 is 0 Å². The maximum absolute atomic E-state index is 13.4. The average Bonchev–Trinajstić information content (AvgIpc) is 2.78. The van der Waals surface area contributed by atoms with Gasteiger partial charge in [0, 0.05) is 25.2 Å². The molecule has 1 aromatic rings. The van der Waals surface area contributed by atoms with Gasteiger partial charge < -0.3 is 0 Å². The van der Waals surface area contributed by atoms with Crippen LogP contribution in [0.4, 0.5) is 4.39 Å². The fourth-order valence-electron chi connectivity index (χ4n) is 1.82. The monoisotopic (exact) mass is 278 g/mol. The Kier molecular flexibility index (Phi) is 3.65. The number of pyridine rings is 1. The number of alkyl halides is 1. The van der Waals surface area contributed by atoms with Crippen LogP contribution in [0.25, 0.3) is 0 Å². The minimum Gasteiger partial charge on any atom is -0.241 e. The van der Waals surface area contributed by atoms with Crippen LogP contribution >= 0.6 is 11.6 Å². The molecule has 17 heavy (non-hydrogen) atoms. The molecule has 2 rings (SSSR count). The summed E-state index contributed by atoms with van der Waals surface area (Å²) in [5, 5.41) is -0.504. The molecule has 0 N–H and O–H groups in total. The lowest BCUT2D eigenvalue weighted by molar-refractivity contribution is 0.454. The third-order valence-electron chi connectivity index (χ3n) is 2.78. The first kappa shape index (κ1) is 12.7. The Hall–Kier alpha value is -0.720. The van der Waals surface area contributed by atoms with Crippen LogP contribution < -0.4 is 0 Å². The van der Waals surface area contributed by atoms with E-state index in [4.69, 9.17) is 11.6 Å². The van der Waals surface area contributed by atoms with E-state index in [0.717, 1.165) is 6.07 Å². The first-order chi connectivity index (χ1) is 8.05. The zero-order chi connectivity index (χ0) is 12.5. The Bertz CT molecular complexity index is 509. The highest BCUT2D eigenvalue weighted by Crippen LogP contribution is 2.24. The van der Waals surface area contributed by atoms with Crippen LogP contribution in [0.15, 0.2) is 23.4 Å². The molecule has 1 saturated heterocycles. The summed E-state index contributed by atoms with van der Waals surface area (Å²) in [4.78, 5) is 3.61. The van der Waals surface area contributed by atoms with Gasteiger partial charge in [0.1, 0.15) is 0 Å². The molecule has 2 heterocycles. The van der Waals surface area contributed by atoms with Gasteiger partial charge in [-0.3, -0.25) is 0 Å². The Morgan fingerprint density at radius 3 is 2.94 bits per heavy atom. The highest BCUT2D eigenvalue weighted by atomic mass is 35.5. The van der Waals surface area contributed by atoms with Crippen molar-refractivity contribution in [2.75, 3.05) is 19.0 Å². The van der Waals surface area contributed by atoms with Crippen molar-refractivity contribution in [3.05, 3.63) is 24.1 Å². The standard InChI is InChI=1S/C10H12ClFN2O2S/c11-6-8-3-5-14(7-8)17(15,16)10-9(12)2-1-4-13-10/h1-2,4,8H,3,5-7H2. The van der Waals surface area contributed by atoms with Gasteiger partial charge in [-0.1, -0.05) is 0 Å². The zero-order valence-electron chi connectivity index (χ0n) is 9.01. The first-order valence-electron chi connectivity index (χ1n) is 5.22. The number of nitrogens with zero attached hydrogens (tertiary/aromatic N) is 2. The van der Waals surface area contributed by atoms with E-state index in [1.807, 2.05) is 0 Å². The van der Waals surface area contributed by atoms with Crippen LogP contribution in [0.2, 0.25) is 0 Å². The highest BCUT2D eigenvalue weighted by molar-refractivity contribution is 7.89. The molecule has 1 aliphatic heterocycles. The van der Waals surface area contributed by atoms with Crippen molar-refractivity contribution in [1.29, 1.82) is 0 Å². The minimum atomic E-state index is -3.82. The lowest BCUT2D eigenvalue weighted by atomic mass is 10.2. The van der Waals surface area contributed by atoms with Crippen molar-refractivity contribution in [2.45, 2.75) is 11.4 Å².